The summed E-state index contributed by atoms with van der Waals surface area (Å²) in [6.45, 7) is 3.77. The van der Waals surface area contributed by atoms with Crippen LogP contribution in [-0.4, -0.2) is 102 Å². The molecule has 0 spiro atoms. The van der Waals surface area contributed by atoms with Gasteiger partial charge in [0.25, 0.3) is 5.91 Å². The van der Waals surface area contributed by atoms with Crippen LogP contribution in [0.15, 0.2) is 12.1 Å². The Hall–Kier alpha value is -2.10. The molecule has 1 aromatic heterocycles. The molecule has 3 aliphatic rings. The van der Waals surface area contributed by atoms with Crippen molar-refractivity contribution in [1.29, 1.82) is 0 Å². The topological polar surface area (TPSA) is 188 Å². The second-order valence-corrected chi connectivity index (χ2v) is 12.8. The van der Waals surface area contributed by atoms with E-state index in [-0.39, 0.29) is 11.4 Å². The maximum absolute atomic E-state index is 12.1. The predicted octanol–water partition coefficient (Wildman–Crippen LogP) is 0.363. The van der Waals surface area contributed by atoms with Gasteiger partial charge in [-0.3, -0.25) is 9.59 Å². The third kappa shape index (κ3) is 6.67. The number of methoxy groups -OCH3 is 1. The molecule has 3 fully saturated rings. The summed E-state index contributed by atoms with van der Waals surface area (Å²) in [4.78, 5) is 35.1. The van der Waals surface area contributed by atoms with Crippen molar-refractivity contribution in [3.8, 4) is 0 Å². The number of nitrogens with zero attached hydrogens (tertiary/aromatic N) is 2. The van der Waals surface area contributed by atoms with Gasteiger partial charge in [0.05, 0.1) is 17.1 Å². The van der Waals surface area contributed by atoms with Crippen LogP contribution in [0.25, 0.3) is 0 Å². The summed E-state index contributed by atoms with van der Waals surface area (Å²) in [7, 11) is -1.26. The standard InChI is InChI=1S/C19H29N3O4S2.C4H6O5/c1-26-19(17-7-6-16(27-17)18(20)23)14-4-2-5-15(19)13-21(12-14)9-10-22-8-3-11-28(22,24)25;5-2(4(8)9)1-3(6)7/h6-7,14-15H,2-5,8-13H2,1H3,(H2,20,23);2,5H,1H2,(H,6,7)(H,8,9). The van der Waals surface area contributed by atoms with Gasteiger partial charge in [-0.05, 0) is 31.4 Å². The molecule has 3 atom stereocenters. The molecular formula is C23H35N3O9S2. The number of primary amides is 1. The lowest BCUT2D eigenvalue weighted by molar-refractivity contribution is -0.166. The number of piperidine rings is 1. The number of aliphatic hydroxyl groups excluding tert-OH is 1. The lowest BCUT2D eigenvalue weighted by Gasteiger charge is -2.55. The van der Waals surface area contributed by atoms with Crippen molar-refractivity contribution in [1.82, 2.24) is 9.21 Å². The van der Waals surface area contributed by atoms with Crippen LogP contribution in [0.4, 0.5) is 0 Å². The fraction of sp³-hybridized carbons (Fsp3) is 0.696. The lowest BCUT2D eigenvalue weighted by atomic mass is 9.64. The minimum absolute atomic E-state index is 0.283. The van der Waals surface area contributed by atoms with Gasteiger partial charge < -0.3 is 30.7 Å². The van der Waals surface area contributed by atoms with Gasteiger partial charge in [-0.1, -0.05) is 6.42 Å². The highest BCUT2D eigenvalue weighted by atomic mass is 32.2. The van der Waals surface area contributed by atoms with E-state index in [2.05, 4.69) is 4.90 Å². The van der Waals surface area contributed by atoms with E-state index in [4.69, 9.17) is 25.8 Å². The molecule has 3 heterocycles. The van der Waals surface area contributed by atoms with Crippen molar-refractivity contribution < 1.29 is 42.9 Å². The number of sulfonamides is 1. The van der Waals surface area contributed by atoms with Crippen molar-refractivity contribution in [2.24, 2.45) is 17.6 Å². The predicted molar refractivity (Wildman–Crippen MR) is 135 cm³/mol. The summed E-state index contributed by atoms with van der Waals surface area (Å²) in [6.07, 6.45) is 1.53. The Balaban J connectivity index is 0.000000364. The number of rotatable bonds is 9. The number of thiophene rings is 1. The third-order valence-corrected chi connectivity index (χ3v) is 10.6. The Kier molecular flexibility index (Phi) is 9.69. The van der Waals surface area contributed by atoms with Gasteiger partial charge in [-0.15, -0.1) is 11.3 Å². The lowest BCUT2D eigenvalue weighted by Crippen LogP contribution is -2.59. The quantitative estimate of drug-likeness (QED) is 0.328. The molecule has 1 saturated carbocycles. The molecular weight excluding hydrogens is 526 g/mol. The normalized spacial score (nSPS) is 28.2. The summed E-state index contributed by atoms with van der Waals surface area (Å²) in [5, 5.41) is 24.1. The van der Waals surface area contributed by atoms with Crippen molar-refractivity contribution >= 4 is 39.2 Å². The zero-order chi connectivity index (χ0) is 27.4. The second-order valence-electron chi connectivity index (χ2n) is 9.63. The van der Waals surface area contributed by atoms with E-state index in [0.29, 0.717) is 29.8 Å². The molecule has 12 nitrogen and oxygen atoms in total. The van der Waals surface area contributed by atoms with E-state index in [1.165, 1.54) is 17.8 Å². The largest absolute Gasteiger partial charge is 0.481 e. The molecule has 0 aromatic carbocycles. The zero-order valence-electron chi connectivity index (χ0n) is 20.7. The Bertz CT molecular complexity index is 1080. The van der Waals surface area contributed by atoms with Gasteiger partial charge in [-0.2, -0.15) is 0 Å². The van der Waals surface area contributed by atoms with Crippen molar-refractivity contribution in [3.63, 3.8) is 0 Å². The number of hydrogen-bond acceptors (Lipinski definition) is 9. The number of nitrogens with two attached hydrogens (primary N) is 1. The first-order valence-electron chi connectivity index (χ1n) is 12.2. The number of amides is 1. The summed E-state index contributed by atoms with van der Waals surface area (Å²) >= 11 is 1.46. The molecule has 2 aliphatic heterocycles. The summed E-state index contributed by atoms with van der Waals surface area (Å²) < 4.78 is 32.0. The van der Waals surface area contributed by atoms with Crippen LogP contribution in [-0.2, 0) is 30.0 Å². The number of carboxylic acid groups (broad SMARTS) is 2. The number of ether oxygens (including phenoxy) is 1. The van der Waals surface area contributed by atoms with Crippen LogP contribution in [0.5, 0.6) is 0 Å². The van der Waals surface area contributed by atoms with E-state index >= 15 is 0 Å². The maximum atomic E-state index is 12.1. The average Bonchev–Trinajstić information content (AvgIpc) is 3.43. The highest BCUT2D eigenvalue weighted by molar-refractivity contribution is 7.89. The van der Waals surface area contributed by atoms with Gasteiger partial charge in [0.2, 0.25) is 10.0 Å². The van der Waals surface area contributed by atoms with Gasteiger partial charge in [0.15, 0.2) is 6.10 Å². The molecule has 2 bridgehead atoms. The number of carboxylic acids is 2. The van der Waals surface area contributed by atoms with Crippen LogP contribution in [0.2, 0.25) is 0 Å². The van der Waals surface area contributed by atoms with Crippen LogP contribution in [0.1, 0.15) is 46.7 Å². The van der Waals surface area contributed by atoms with E-state index in [0.717, 1.165) is 43.8 Å². The second kappa shape index (κ2) is 12.2. The Labute approximate surface area is 220 Å². The first kappa shape index (κ1) is 29.5. The van der Waals surface area contributed by atoms with Crippen LogP contribution >= 0.6 is 11.3 Å². The number of hydrogen-bond donors (Lipinski definition) is 4. The monoisotopic (exact) mass is 561 g/mol. The van der Waals surface area contributed by atoms with Gasteiger partial charge in [-0.25, -0.2) is 17.5 Å². The summed E-state index contributed by atoms with van der Waals surface area (Å²) in [5.74, 6) is -2.29. The molecule has 5 N–H and O–H groups in total. The molecule has 14 heteroatoms. The van der Waals surface area contributed by atoms with Crippen molar-refractivity contribution in [2.75, 3.05) is 45.6 Å². The van der Waals surface area contributed by atoms with Crippen LogP contribution < -0.4 is 5.73 Å². The molecule has 1 amide bonds. The minimum Gasteiger partial charge on any atom is -0.481 e. The summed E-state index contributed by atoms with van der Waals surface area (Å²) in [6, 6.07) is 3.81. The number of aliphatic carboxylic acids is 2. The number of fused-ring (bicyclic) bond motifs is 2. The first-order valence-corrected chi connectivity index (χ1v) is 14.6. The van der Waals surface area contributed by atoms with Gasteiger partial charge in [0, 0.05) is 56.5 Å². The molecule has 3 unspecified atom stereocenters. The van der Waals surface area contributed by atoms with E-state index in [9.17, 15) is 22.8 Å². The average molecular weight is 562 g/mol. The molecule has 1 aromatic rings. The zero-order valence-corrected chi connectivity index (χ0v) is 22.4. The highest BCUT2D eigenvalue weighted by Crippen LogP contribution is 2.53. The first-order chi connectivity index (χ1) is 17.4. The molecule has 2 saturated heterocycles. The number of carbonyl (C=O) groups is 3. The fourth-order valence-electron chi connectivity index (χ4n) is 5.67. The van der Waals surface area contributed by atoms with E-state index in [1.54, 1.807) is 11.4 Å². The van der Waals surface area contributed by atoms with Crippen molar-refractivity contribution in [3.05, 3.63) is 21.9 Å². The van der Waals surface area contributed by atoms with E-state index < -0.39 is 40.4 Å². The Morgan fingerprint density at radius 1 is 1.16 bits per heavy atom. The smallest absolute Gasteiger partial charge is 0.333 e. The number of likely N-dealkylation sites (tertiary alicyclic amines) is 1. The third-order valence-electron chi connectivity index (χ3n) is 7.37. The van der Waals surface area contributed by atoms with Gasteiger partial charge >= 0.3 is 11.9 Å². The minimum atomic E-state index is -3.04. The summed E-state index contributed by atoms with van der Waals surface area (Å²) in [5.41, 5.74) is 5.10. The Morgan fingerprint density at radius 2 is 1.81 bits per heavy atom. The maximum Gasteiger partial charge on any atom is 0.333 e. The Morgan fingerprint density at radius 3 is 2.24 bits per heavy atom. The molecule has 208 valence electrons. The van der Waals surface area contributed by atoms with Crippen LogP contribution in [0, 0.1) is 11.8 Å². The molecule has 4 rings (SSSR count). The number of aliphatic hydroxyl groups is 1. The molecule has 0 radical (unpaired) electrons. The molecule has 1 aliphatic carbocycles. The van der Waals surface area contributed by atoms with Crippen LogP contribution in [0.3, 0.4) is 0 Å². The van der Waals surface area contributed by atoms with Gasteiger partial charge in [0.1, 0.15) is 5.60 Å². The van der Waals surface area contributed by atoms with E-state index in [1.807, 2.05) is 12.1 Å². The SMILES string of the molecule is COC1(c2ccc(C(N)=O)s2)C2CCCC1CN(CCN1CCCS1(=O)=O)C2.O=C(O)CC(O)C(=O)O. The highest BCUT2D eigenvalue weighted by Gasteiger charge is 2.54. The molecule has 37 heavy (non-hydrogen) atoms. The fourth-order valence-corrected chi connectivity index (χ4v) is 8.38. The number of carbonyl (C=O) groups excluding carboxylic acids is 1. The van der Waals surface area contributed by atoms with Crippen molar-refractivity contribution in [2.45, 2.75) is 43.8 Å².